The third-order valence-electron chi connectivity index (χ3n) is 2.97. The molecule has 18 heavy (non-hydrogen) atoms. The topological polar surface area (TPSA) is 29.9 Å². The van der Waals surface area contributed by atoms with Gasteiger partial charge in [-0.1, -0.05) is 28.1 Å². The van der Waals surface area contributed by atoms with E-state index in [0.29, 0.717) is 6.04 Å². The minimum absolute atomic E-state index is 0.326. The van der Waals surface area contributed by atoms with Crippen LogP contribution in [0.5, 0.6) is 0 Å². The second-order valence-electron chi connectivity index (χ2n) is 4.36. The van der Waals surface area contributed by atoms with Crippen LogP contribution in [0.4, 0.5) is 0 Å². The molecule has 2 rings (SSSR count). The maximum absolute atomic E-state index is 4.27. The van der Waals surface area contributed by atoms with Crippen molar-refractivity contribution in [2.75, 3.05) is 0 Å². The number of halogens is 1. The highest BCUT2D eigenvalue weighted by atomic mass is 79.9. The van der Waals surface area contributed by atoms with Crippen LogP contribution in [-0.4, -0.2) is 9.78 Å². The van der Waals surface area contributed by atoms with E-state index in [2.05, 4.69) is 64.6 Å². The number of benzene rings is 1. The lowest BCUT2D eigenvalue weighted by Gasteiger charge is -2.13. The summed E-state index contributed by atoms with van der Waals surface area (Å²) in [5, 5.41) is 7.77. The van der Waals surface area contributed by atoms with Gasteiger partial charge < -0.3 is 5.32 Å². The highest BCUT2D eigenvalue weighted by molar-refractivity contribution is 9.10. The Morgan fingerprint density at radius 1 is 1.44 bits per heavy atom. The molecule has 0 aliphatic heterocycles. The van der Waals surface area contributed by atoms with Crippen molar-refractivity contribution in [2.24, 2.45) is 0 Å². The molecule has 96 valence electrons. The van der Waals surface area contributed by atoms with Crippen molar-refractivity contribution in [3.63, 3.8) is 0 Å². The average Bonchev–Trinajstić information content (AvgIpc) is 2.84. The standard InChI is InChI=1S/C14H18BrN3/c1-3-18-10-12(9-17-18)8-16-11(2)13-5-4-6-14(15)7-13/h4-7,9-11,16H,3,8H2,1-2H3/t11-/m0/s1. The van der Waals surface area contributed by atoms with Gasteiger partial charge in [-0.05, 0) is 31.5 Å². The number of nitrogens with one attached hydrogen (secondary N) is 1. The SMILES string of the molecule is CCn1cc(CN[C@@H](C)c2cccc(Br)c2)cn1. The van der Waals surface area contributed by atoms with Gasteiger partial charge in [0.15, 0.2) is 0 Å². The molecule has 1 N–H and O–H groups in total. The van der Waals surface area contributed by atoms with Crippen LogP contribution in [-0.2, 0) is 13.1 Å². The van der Waals surface area contributed by atoms with Gasteiger partial charge in [0.05, 0.1) is 6.20 Å². The van der Waals surface area contributed by atoms with Crippen molar-refractivity contribution in [3.8, 4) is 0 Å². The van der Waals surface area contributed by atoms with Gasteiger partial charge in [0.2, 0.25) is 0 Å². The summed E-state index contributed by atoms with van der Waals surface area (Å²) in [6.45, 7) is 6.02. The number of aryl methyl sites for hydroxylation is 1. The molecule has 0 aliphatic carbocycles. The summed E-state index contributed by atoms with van der Waals surface area (Å²) in [5.41, 5.74) is 2.51. The molecule has 3 nitrogen and oxygen atoms in total. The summed E-state index contributed by atoms with van der Waals surface area (Å²) in [6, 6.07) is 8.71. The van der Waals surface area contributed by atoms with E-state index < -0.39 is 0 Å². The number of aromatic nitrogens is 2. The molecule has 1 heterocycles. The minimum Gasteiger partial charge on any atom is -0.306 e. The first-order valence-electron chi connectivity index (χ1n) is 6.19. The van der Waals surface area contributed by atoms with E-state index in [-0.39, 0.29) is 0 Å². The second-order valence-corrected chi connectivity index (χ2v) is 5.28. The van der Waals surface area contributed by atoms with Crippen LogP contribution < -0.4 is 5.32 Å². The molecular formula is C14H18BrN3. The van der Waals surface area contributed by atoms with Crippen molar-refractivity contribution in [3.05, 3.63) is 52.3 Å². The Morgan fingerprint density at radius 3 is 2.94 bits per heavy atom. The van der Waals surface area contributed by atoms with Gasteiger partial charge in [0.25, 0.3) is 0 Å². The fourth-order valence-corrected chi connectivity index (χ4v) is 2.25. The zero-order valence-electron chi connectivity index (χ0n) is 10.7. The van der Waals surface area contributed by atoms with Gasteiger partial charge in [0, 0.05) is 35.4 Å². The van der Waals surface area contributed by atoms with Crippen LogP contribution in [0, 0.1) is 0 Å². The third kappa shape index (κ3) is 3.43. The zero-order chi connectivity index (χ0) is 13.0. The molecular weight excluding hydrogens is 290 g/mol. The van der Waals surface area contributed by atoms with Crippen LogP contribution in [0.15, 0.2) is 41.1 Å². The molecule has 0 spiro atoms. The highest BCUT2D eigenvalue weighted by Crippen LogP contribution is 2.18. The monoisotopic (exact) mass is 307 g/mol. The predicted molar refractivity (Wildman–Crippen MR) is 77.3 cm³/mol. The number of rotatable bonds is 5. The molecule has 0 saturated carbocycles. The Kier molecular flexibility index (Phi) is 4.55. The van der Waals surface area contributed by atoms with Crippen molar-refractivity contribution < 1.29 is 0 Å². The van der Waals surface area contributed by atoms with Crippen molar-refractivity contribution in [2.45, 2.75) is 33.0 Å². The molecule has 1 aromatic heterocycles. The van der Waals surface area contributed by atoms with Crippen LogP contribution >= 0.6 is 15.9 Å². The smallest absolute Gasteiger partial charge is 0.0534 e. The Balaban J connectivity index is 1.93. The maximum atomic E-state index is 4.27. The predicted octanol–water partition coefficient (Wildman–Crippen LogP) is 3.52. The van der Waals surface area contributed by atoms with Crippen LogP contribution in [0.3, 0.4) is 0 Å². The summed E-state index contributed by atoms with van der Waals surface area (Å²) in [4.78, 5) is 0. The molecule has 0 bridgehead atoms. The van der Waals surface area contributed by atoms with E-state index in [1.165, 1.54) is 11.1 Å². The second kappa shape index (κ2) is 6.16. The van der Waals surface area contributed by atoms with Gasteiger partial charge in [-0.2, -0.15) is 5.10 Å². The Morgan fingerprint density at radius 2 is 2.28 bits per heavy atom. The van der Waals surface area contributed by atoms with E-state index in [1.807, 2.05) is 16.9 Å². The number of hydrogen-bond donors (Lipinski definition) is 1. The molecule has 0 amide bonds. The van der Waals surface area contributed by atoms with E-state index in [4.69, 9.17) is 0 Å². The summed E-state index contributed by atoms with van der Waals surface area (Å²) in [5.74, 6) is 0. The van der Waals surface area contributed by atoms with Crippen LogP contribution in [0.25, 0.3) is 0 Å². The summed E-state index contributed by atoms with van der Waals surface area (Å²) < 4.78 is 3.06. The van der Waals surface area contributed by atoms with Crippen molar-refractivity contribution >= 4 is 15.9 Å². The lowest BCUT2D eigenvalue weighted by Crippen LogP contribution is -2.17. The molecule has 0 unspecified atom stereocenters. The van der Waals surface area contributed by atoms with E-state index in [1.54, 1.807) is 0 Å². The van der Waals surface area contributed by atoms with Gasteiger partial charge in [0.1, 0.15) is 0 Å². The highest BCUT2D eigenvalue weighted by Gasteiger charge is 2.05. The summed E-state index contributed by atoms with van der Waals surface area (Å²) >= 11 is 3.50. The normalized spacial score (nSPS) is 12.6. The number of hydrogen-bond acceptors (Lipinski definition) is 2. The maximum Gasteiger partial charge on any atom is 0.0534 e. The van der Waals surface area contributed by atoms with Crippen LogP contribution in [0.1, 0.15) is 31.0 Å². The molecule has 0 radical (unpaired) electrons. The molecule has 4 heteroatoms. The van der Waals surface area contributed by atoms with E-state index in [9.17, 15) is 0 Å². The summed E-state index contributed by atoms with van der Waals surface area (Å²) in [7, 11) is 0. The largest absolute Gasteiger partial charge is 0.306 e. The van der Waals surface area contributed by atoms with E-state index in [0.717, 1.165) is 17.6 Å². The van der Waals surface area contributed by atoms with Gasteiger partial charge in [-0.15, -0.1) is 0 Å². The first-order chi connectivity index (χ1) is 8.69. The quantitative estimate of drug-likeness (QED) is 0.916. The minimum atomic E-state index is 0.326. The fraction of sp³-hybridized carbons (Fsp3) is 0.357. The molecule has 0 fully saturated rings. The number of nitrogens with zero attached hydrogens (tertiary/aromatic N) is 2. The fourth-order valence-electron chi connectivity index (χ4n) is 1.84. The molecule has 1 aromatic carbocycles. The van der Waals surface area contributed by atoms with Gasteiger partial charge in [-0.3, -0.25) is 4.68 Å². The molecule has 2 aromatic rings. The lowest BCUT2D eigenvalue weighted by atomic mass is 10.1. The average molecular weight is 308 g/mol. The van der Waals surface area contributed by atoms with E-state index >= 15 is 0 Å². The van der Waals surface area contributed by atoms with Gasteiger partial charge >= 0.3 is 0 Å². The zero-order valence-corrected chi connectivity index (χ0v) is 12.3. The summed E-state index contributed by atoms with van der Waals surface area (Å²) in [6.07, 6.45) is 4.00. The first-order valence-corrected chi connectivity index (χ1v) is 6.98. The molecule has 0 aliphatic rings. The van der Waals surface area contributed by atoms with Crippen molar-refractivity contribution in [1.29, 1.82) is 0 Å². The first kappa shape index (κ1) is 13.3. The van der Waals surface area contributed by atoms with Crippen molar-refractivity contribution in [1.82, 2.24) is 15.1 Å². The Bertz CT molecular complexity index is 507. The van der Waals surface area contributed by atoms with Gasteiger partial charge in [-0.25, -0.2) is 0 Å². The third-order valence-corrected chi connectivity index (χ3v) is 3.47. The Labute approximate surface area is 116 Å². The molecule has 0 saturated heterocycles. The molecule has 1 atom stereocenters. The lowest BCUT2D eigenvalue weighted by molar-refractivity contribution is 0.573. The van der Waals surface area contributed by atoms with Crippen LogP contribution in [0.2, 0.25) is 0 Å². The Hall–Kier alpha value is -1.13.